The van der Waals surface area contributed by atoms with Crippen LogP contribution in [0, 0.1) is 11.3 Å². The van der Waals surface area contributed by atoms with Crippen molar-refractivity contribution in [2.75, 3.05) is 0 Å². The second-order valence-corrected chi connectivity index (χ2v) is 4.60. The molecule has 0 aliphatic carbocycles. The molecule has 0 saturated heterocycles. The van der Waals surface area contributed by atoms with Crippen molar-refractivity contribution in [1.82, 2.24) is 0 Å². The summed E-state index contributed by atoms with van der Waals surface area (Å²) in [4.78, 5) is 23.3. The van der Waals surface area contributed by atoms with E-state index in [0.29, 0.717) is 0 Å². The first-order valence-electron chi connectivity index (χ1n) is 4.95. The summed E-state index contributed by atoms with van der Waals surface area (Å²) in [5, 5.41) is 0. The van der Waals surface area contributed by atoms with Crippen LogP contribution in [0.3, 0.4) is 0 Å². The second-order valence-electron chi connectivity index (χ2n) is 4.60. The Balaban J connectivity index is 4.61. The molecule has 0 radical (unpaired) electrons. The van der Waals surface area contributed by atoms with Crippen molar-refractivity contribution in [1.29, 1.82) is 0 Å². The fraction of sp³-hybridized carbons (Fsp3) is 0.818. The molecule has 0 atom stereocenters. The predicted octanol–water partition coefficient (Wildman–Crippen LogP) is 2.19. The van der Waals surface area contributed by atoms with Crippen LogP contribution >= 0.6 is 0 Å². The Bertz CT molecular complexity index is 227. The molecule has 0 fully saturated rings. The highest BCUT2D eigenvalue weighted by atomic mass is 16.5. The number of rotatable bonds is 4. The maximum absolute atomic E-state index is 11.7. The fourth-order valence-corrected chi connectivity index (χ4v) is 1.18. The van der Waals surface area contributed by atoms with E-state index in [0.717, 1.165) is 0 Å². The van der Waals surface area contributed by atoms with E-state index in [4.69, 9.17) is 4.74 Å². The standard InChI is InChI=1S/C11H20O3/c1-7(2)9(12)11(5,6)10(13)14-8(3)4/h7-8H,1-6H3. The van der Waals surface area contributed by atoms with Gasteiger partial charge in [0.2, 0.25) is 0 Å². The molecule has 0 aliphatic rings. The van der Waals surface area contributed by atoms with Gasteiger partial charge in [-0.3, -0.25) is 9.59 Å². The molecule has 0 rings (SSSR count). The van der Waals surface area contributed by atoms with Crippen LogP contribution in [0.4, 0.5) is 0 Å². The summed E-state index contributed by atoms with van der Waals surface area (Å²) in [7, 11) is 0. The Labute approximate surface area is 85.8 Å². The van der Waals surface area contributed by atoms with Crippen molar-refractivity contribution < 1.29 is 14.3 Å². The summed E-state index contributed by atoms with van der Waals surface area (Å²) < 4.78 is 5.03. The van der Waals surface area contributed by atoms with E-state index >= 15 is 0 Å². The van der Waals surface area contributed by atoms with E-state index in [1.807, 2.05) is 0 Å². The second kappa shape index (κ2) is 4.58. The zero-order chi connectivity index (χ0) is 11.5. The van der Waals surface area contributed by atoms with Crippen molar-refractivity contribution in [3.63, 3.8) is 0 Å². The van der Waals surface area contributed by atoms with Crippen LogP contribution in [0.15, 0.2) is 0 Å². The van der Waals surface area contributed by atoms with E-state index in [1.54, 1.807) is 41.5 Å². The Morgan fingerprint density at radius 1 is 1.07 bits per heavy atom. The molecule has 0 aromatic carbocycles. The fourth-order valence-electron chi connectivity index (χ4n) is 1.18. The van der Waals surface area contributed by atoms with Crippen LogP contribution in [0.1, 0.15) is 41.5 Å². The first-order chi connectivity index (χ1) is 6.19. The number of hydrogen-bond acceptors (Lipinski definition) is 3. The maximum Gasteiger partial charge on any atom is 0.319 e. The number of Topliss-reactive ketones (excluding diaryl/α,β-unsaturated/α-hetero) is 1. The van der Waals surface area contributed by atoms with Crippen molar-refractivity contribution >= 4 is 11.8 Å². The molecule has 0 aromatic rings. The van der Waals surface area contributed by atoms with Gasteiger partial charge < -0.3 is 4.74 Å². The smallest absolute Gasteiger partial charge is 0.319 e. The van der Waals surface area contributed by atoms with Crippen molar-refractivity contribution in [3.8, 4) is 0 Å². The summed E-state index contributed by atoms with van der Waals surface area (Å²) in [5.74, 6) is -0.668. The van der Waals surface area contributed by atoms with Crippen molar-refractivity contribution in [2.24, 2.45) is 11.3 Å². The number of carbonyl (C=O) groups excluding carboxylic acids is 2. The molecule has 0 heterocycles. The quantitative estimate of drug-likeness (QED) is 0.516. The minimum Gasteiger partial charge on any atom is -0.462 e. The average Bonchev–Trinajstić information content (AvgIpc) is 2.01. The normalized spacial score (nSPS) is 12.0. The first-order valence-corrected chi connectivity index (χ1v) is 4.95. The van der Waals surface area contributed by atoms with Gasteiger partial charge in [-0.05, 0) is 27.7 Å². The zero-order valence-electron chi connectivity index (χ0n) is 9.88. The molecular weight excluding hydrogens is 180 g/mol. The van der Waals surface area contributed by atoms with E-state index in [9.17, 15) is 9.59 Å². The third-order valence-electron chi connectivity index (χ3n) is 1.99. The van der Waals surface area contributed by atoms with Gasteiger partial charge in [0.1, 0.15) is 5.41 Å². The lowest BCUT2D eigenvalue weighted by atomic mass is 9.82. The molecular formula is C11H20O3. The van der Waals surface area contributed by atoms with Gasteiger partial charge in [-0.1, -0.05) is 13.8 Å². The summed E-state index contributed by atoms with van der Waals surface area (Å²) >= 11 is 0. The number of carbonyl (C=O) groups is 2. The molecule has 0 saturated carbocycles. The van der Waals surface area contributed by atoms with Gasteiger partial charge in [0.15, 0.2) is 5.78 Å². The zero-order valence-corrected chi connectivity index (χ0v) is 9.88. The molecule has 0 spiro atoms. The summed E-state index contributed by atoms with van der Waals surface area (Å²) in [6.45, 7) is 10.3. The third kappa shape index (κ3) is 3.13. The minimum absolute atomic E-state index is 0.0804. The van der Waals surface area contributed by atoms with Gasteiger partial charge in [-0.15, -0.1) is 0 Å². The monoisotopic (exact) mass is 200 g/mol. The number of ether oxygens (including phenoxy) is 1. The lowest BCUT2D eigenvalue weighted by Crippen LogP contribution is -2.38. The first kappa shape index (κ1) is 13.1. The molecule has 14 heavy (non-hydrogen) atoms. The highest BCUT2D eigenvalue weighted by Crippen LogP contribution is 2.23. The third-order valence-corrected chi connectivity index (χ3v) is 1.99. The highest BCUT2D eigenvalue weighted by molar-refractivity contribution is 6.03. The minimum atomic E-state index is -1.03. The summed E-state index contributed by atoms with van der Waals surface area (Å²) in [6, 6.07) is 0. The summed E-state index contributed by atoms with van der Waals surface area (Å²) in [5.41, 5.74) is -1.03. The van der Waals surface area contributed by atoms with Gasteiger partial charge in [0.05, 0.1) is 6.10 Å². The Morgan fingerprint density at radius 3 is 1.79 bits per heavy atom. The van der Waals surface area contributed by atoms with Crippen LogP contribution in [0.25, 0.3) is 0 Å². The van der Waals surface area contributed by atoms with Crippen molar-refractivity contribution in [2.45, 2.75) is 47.6 Å². The molecule has 0 N–H and O–H groups in total. The SMILES string of the molecule is CC(C)OC(=O)C(C)(C)C(=O)C(C)C. The largest absolute Gasteiger partial charge is 0.462 e. The van der Waals surface area contributed by atoms with Crippen LogP contribution in [-0.4, -0.2) is 17.9 Å². The Hall–Kier alpha value is -0.860. The van der Waals surface area contributed by atoms with Crippen LogP contribution in [-0.2, 0) is 14.3 Å². The van der Waals surface area contributed by atoms with Crippen LogP contribution in [0.2, 0.25) is 0 Å². The molecule has 0 unspecified atom stereocenters. The molecule has 0 amide bonds. The molecule has 3 heteroatoms. The van der Waals surface area contributed by atoms with Gasteiger partial charge in [0, 0.05) is 5.92 Å². The van der Waals surface area contributed by atoms with Crippen LogP contribution in [0.5, 0.6) is 0 Å². The number of hydrogen-bond donors (Lipinski definition) is 0. The molecule has 0 aromatic heterocycles. The van der Waals surface area contributed by atoms with Gasteiger partial charge in [0.25, 0.3) is 0 Å². The topological polar surface area (TPSA) is 43.4 Å². The maximum atomic E-state index is 11.7. The van der Waals surface area contributed by atoms with E-state index in [1.165, 1.54) is 0 Å². The lowest BCUT2D eigenvalue weighted by Gasteiger charge is -2.24. The molecule has 82 valence electrons. The predicted molar refractivity (Wildman–Crippen MR) is 54.9 cm³/mol. The number of ketones is 1. The molecule has 0 aliphatic heterocycles. The van der Waals surface area contributed by atoms with E-state index in [2.05, 4.69) is 0 Å². The van der Waals surface area contributed by atoms with Crippen molar-refractivity contribution in [3.05, 3.63) is 0 Å². The Morgan fingerprint density at radius 2 is 1.50 bits per heavy atom. The van der Waals surface area contributed by atoms with Gasteiger partial charge in [-0.2, -0.15) is 0 Å². The Kier molecular flexibility index (Phi) is 4.30. The molecule has 3 nitrogen and oxygen atoms in total. The van der Waals surface area contributed by atoms with E-state index in [-0.39, 0.29) is 17.8 Å². The molecule has 0 bridgehead atoms. The lowest BCUT2D eigenvalue weighted by molar-refractivity contribution is -0.162. The summed E-state index contributed by atoms with van der Waals surface area (Å²) in [6.07, 6.45) is -0.179. The van der Waals surface area contributed by atoms with E-state index < -0.39 is 11.4 Å². The number of esters is 1. The van der Waals surface area contributed by atoms with Gasteiger partial charge in [-0.25, -0.2) is 0 Å². The van der Waals surface area contributed by atoms with Gasteiger partial charge >= 0.3 is 5.97 Å². The average molecular weight is 200 g/mol. The van der Waals surface area contributed by atoms with Crippen LogP contribution < -0.4 is 0 Å². The highest BCUT2D eigenvalue weighted by Gasteiger charge is 2.38.